The molecule has 1 saturated carbocycles. The predicted molar refractivity (Wildman–Crippen MR) is 55.6 cm³/mol. The van der Waals surface area contributed by atoms with E-state index in [1.807, 2.05) is 6.07 Å². The third kappa shape index (κ3) is 2.77. The second kappa shape index (κ2) is 4.51. The molecule has 3 nitrogen and oxygen atoms in total. The molecule has 76 valence electrons. The van der Waals surface area contributed by atoms with E-state index in [9.17, 15) is 0 Å². The van der Waals surface area contributed by atoms with Crippen LogP contribution in [0.3, 0.4) is 0 Å². The molecule has 0 bridgehead atoms. The molecule has 0 amide bonds. The molecule has 3 heteroatoms. The number of aromatic nitrogens is 2. The lowest BCUT2D eigenvalue weighted by Crippen LogP contribution is -2.22. The van der Waals surface area contributed by atoms with Crippen LogP contribution in [-0.2, 0) is 6.54 Å². The van der Waals surface area contributed by atoms with Gasteiger partial charge in [-0.15, -0.1) is 0 Å². The fraction of sp³-hybridized carbons (Fsp3) is 0.636. The SMILES string of the molecule is CC(CNCc1ncccn1)C1CC1. The third-order valence-electron chi connectivity index (χ3n) is 2.80. The van der Waals surface area contributed by atoms with Crippen LogP contribution in [0.5, 0.6) is 0 Å². The Bertz CT molecular complexity index is 269. The summed E-state index contributed by atoms with van der Waals surface area (Å²) in [5.74, 6) is 2.66. The van der Waals surface area contributed by atoms with Crippen molar-refractivity contribution >= 4 is 0 Å². The largest absolute Gasteiger partial charge is 0.310 e. The number of hydrogen-bond acceptors (Lipinski definition) is 3. The van der Waals surface area contributed by atoms with Crippen LogP contribution >= 0.6 is 0 Å². The molecule has 1 aromatic heterocycles. The van der Waals surface area contributed by atoms with Crippen molar-refractivity contribution in [1.29, 1.82) is 0 Å². The molecule has 2 rings (SSSR count). The van der Waals surface area contributed by atoms with E-state index in [4.69, 9.17) is 0 Å². The first kappa shape index (κ1) is 9.59. The molecular formula is C11H17N3. The zero-order chi connectivity index (χ0) is 9.80. The Hall–Kier alpha value is -0.960. The molecule has 1 aliphatic carbocycles. The van der Waals surface area contributed by atoms with E-state index < -0.39 is 0 Å². The fourth-order valence-corrected chi connectivity index (χ4v) is 1.66. The minimum atomic E-state index is 0.790. The van der Waals surface area contributed by atoms with Gasteiger partial charge in [-0.25, -0.2) is 9.97 Å². The molecule has 0 aromatic carbocycles. The van der Waals surface area contributed by atoms with Crippen molar-refractivity contribution in [2.45, 2.75) is 26.3 Å². The summed E-state index contributed by atoms with van der Waals surface area (Å²) in [4.78, 5) is 8.32. The van der Waals surface area contributed by atoms with Crippen molar-refractivity contribution in [1.82, 2.24) is 15.3 Å². The Balaban J connectivity index is 1.67. The van der Waals surface area contributed by atoms with Crippen LogP contribution in [0, 0.1) is 11.8 Å². The highest BCUT2D eigenvalue weighted by Crippen LogP contribution is 2.35. The van der Waals surface area contributed by atoms with Crippen molar-refractivity contribution in [3.8, 4) is 0 Å². The lowest BCUT2D eigenvalue weighted by Gasteiger charge is -2.10. The van der Waals surface area contributed by atoms with Gasteiger partial charge in [-0.2, -0.15) is 0 Å². The van der Waals surface area contributed by atoms with Crippen molar-refractivity contribution in [3.05, 3.63) is 24.3 Å². The molecular weight excluding hydrogens is 174 g/mol. The average Bonchev–Trinajstić information content (AvgIpc) is 3.02. The van der Waals surface area contributed by atoms with Gasteiger partial charge in [0.2, 0.25) is 0 Å². The van der Waals surface area contributed by atoms with Crippen LogP contribution in [0.2, 0.25) is 0 Å². The maximum Gasteiger partial charge on any atom is 0.141 e. The van der Waals surface area contributed by atoms with E-state index in [2.05, 4.69) is 22.2 Å². The first-order valence-corrected chi connectivity index (χ1v) is 5.33. The van der Waals surface area contributed by atoms with E-state index in [1.54, 1.807) is 12.4 Å². The summed E-state index contributed by atoms with van der Waals surface area (Å²) in [5, 5.41) is 3.40. The number of rotatable bonds is 5. The summed E-state index contributed by atoms with van der Waals surface area (Å²) in [6.45, 7) is 4.19. The average molecular weight is 191 g/mol. The molecule has 1 heterocycles. The highest BCUT2D eigenvalue weighted by molar-refractivity contribution is 4.88. The van der Waals surface area contributed by atoms with Crippen molar-refractivity contribution in [2.75, 3.05) is 6.54 Å². The quantitative estimate of drug-likeness (QED) is 0.768. The van der Waals surface area contributed by atoms with E-state index >= 15 is 0 Å². The van der Waals surface area contributed by atoms with Crippen LogP contribution in [0.1, 0.15) is 25.6 Å². The third-order valence-corrected chi connectivity index (χ3v) is 2.80. The minimum absolute atomic E-state index is 0.790. The zero-order valence-electron chi connectivity index (χ0n) is 8.61. The van der Waals surface area contributed by atoms with Gasteiger partial charge in [0.1, 0.15) is 5.82 Å². The first-order valence-electron chi connectivity index (χ1n) is 5.33. The Labute approximate surface area is 85.0 Å². The first-order chi connectivity index (χ1) is 6.86. The lowest BCUT2D eigenvalue weighted by atomic mass is 10.1. The molecule has 0 aliphatic heterocycles. The molecule has 1 aromatic rings. The fourth-order valence-electron chi connectivity index (χ4n) is 1.66. The molecule has 0 radical (unpaired) electrons. The molecule has 0 saturated heterocycles. The summed E-state index contributed by atoms with van der Waals surface area (Å²) >= 11 is 0. The van der Waals surface area contributed by atoms with Crippen molar-refractivity contribution < 1.29 is 0 Å². The predicted octanol–water partition coefficient (Wildman–Crippen LogP) is 1.61. The Kier molecular flexibility index (Phi) is 3.09. The normalized spacial score (nSPS) is 18.1. The van der Waals surface area contributed by atoms with E-state index in [0.29, 0.717) is 0 Å². The van der Waals surface area contributed by atoms with E-state index in [1.165, 1.54) is 12.8 Å². The van der Waals surface area contributed by atoms with Crippen LogP contribution in [0.15, 0.2) is 18.5 Å². The summed E-state index contributed by atoms with van der Waals surface area (Å²) in [6.07, 6.45) is 6.41. The van der Waals surface area contributed by atoms with E-state index in [-0.39, 0.29) is 0 Å². The van der Waals surface area contributed by atoms with Gasteiger partial charge in [-0.05, 0) is 37.3 Å². The summed E-state index contributed by atoms with van der Waals surface area (Å²) < 4.78 is 0. The summed E-state index contributed by atoms with van der Waals surface area (Å²) in [6, 6.07) is 1.84. The van der Waals surface area contributed by atoms with Gasteiger partial charge >= 0.3 is 0 Å². The maximum atomic E-state index is 4.16. The molecule has 1 atom stereocenters. The second-order valence-corrected chi connectivity index (χ2v) is 4.11. The Morgan fingerprint density at radius 2 is 2.14 bits per heavy atom. The zero-order valence-corrected chi connectivity index (χ0v) is 8.61. The van der Waals surface area contributed by atoms with Gasteiger partial charge in [0, 0.05) is 12.4 Å². The highest BCUT2D eigenvalue weighted by Gasteiger charge is 2.27. The Morgan fingerprint density at radius 1 is 1.43 bits per heavy atom. The molecule has 0 spiro atoms. The number of nitrogens with one attached hydrogen (secondary N) is 1. The van der Waals surface area contributed by atoms with Gasteiger partial charge in [0.15, 0.2) is 0 Å². The van der Waals surface area contributed by atoms with Gasteiger partial charge in [-0.3, -0.25) is 0 Å². The van der Waals surface area contributed by atoms with Gasteiger partial charge in [-0.1, -0.05) is 6.92 Å². The van der Waals surface area contributed by atoms with Crippen molar-refractivity contribution in [2.24, 2.45) is 11.8 Å². The molecule has 14 heavy (non-hydrogen) atoms. The van der Waals surface area contributed by atoms with Crippen molar-refractivity contribution in [3.63, 3.8) is 0 Å². The smallest absolute Gasteiger partial charge is 0.141 e. The van der Waals surface area contributed by atoms with Gasteiger partial charge < -0.3 is 5.32 Å². The van der Waals surface area contributed by atoms with Crippen LogP contribution < -0.4 is 5.32 Å². The molecule has 1 fully saturated rings. The number of hydrogen-bond donors (Lipinski definition) is 1. The lowest BCUT2D eigenvalue weighted by molar-refractivity contribution is 0.457. The Morgan fingerprint density at radius 3 is 2.79 bits per heavy atom. The highest BCUT2D eigenvalue weighted by atomic mass is 15.0. The van der Waals surface area contributed by atoms with Crippen LogP contribution in [-0.4, -0.2) is 16.5 Å². The monoisotopic (exact) mass is 191 g/mol. The van der Waals surface area contributed by atoms with Gasteiger partial charge in [0.25, 0.3) is 0 Å². The van der Waals surface area contributed by atoms with Crippen LogP contribution in [0.4, 0.5) is 0 Å². The number of nitrogens with zero attached hydrogens (tertiary/aromatic N) is 2. The summed E-state index contributed by atoms with van der Waals surface area (Å²) in [5.41, 5.74) is 0. The topological polar surface area (TPSA) is 37.8 Å². The maximum absolute atomic E-state index is 4.16. The standard InChI is InChI=1S/C11H17N3/c1-9(10-3-4-10)7-12-8-11-13-5-2-6-14-11/h2,5-6,9-10,12H,3-4,7-8H2,1H3. The van der Waals surface area contributed by atoms with Gasteiger partial charge in [0.05, 0.1) is 6.54 Å². The summed E-state index contributed by atoms with van der Waals surface area (Å²) in [7, 11) is 0. The minimum Gasteiger partial charge on any atom is -0.310 e. The molecule has 1 N–H and O–H groups in total. The van der Waals surface area contributed by atoms with E-state index in [0.717, 1.165) is 30.7 Å². The van der Waals surface area contributed by atoms with Crippen LogP contribution in [0.25, 0.3) is 0 Å². The molecule has 1 aliphatic rings. The second-order valence-electron chi connectivity index (χ2n) is 4.11. The molecule has 1 unspecified atom stereocenters.